The van der Waals surface area contributed by atoms with Crippen LogP contribution < -0.4 is 15.5 Å². The van der Waals surface area contributed by atoms with Crippen LogP contribution in [-0.2, 0) is 35.9 Å². The molecule has 0 spiro atoms. The Morgan fingerprint density at radius 1 is 0.879 bits per heavy atom. The minimum absolute atomic E-state index is 0.0210. The quantitative estimate of drug-likeness (QED) is 0.0305. The van der Waals surface area contributed by atoms with Gasteiger partial charge in [-0.15, -0.1) is 11.3 Å². The van der Waals surface area contributed by atoms with Gasteiger partial charge in [-0.3, -0.25) is 23.5 Å². The second-order valence-corrected chi connectivity index (χ2v) is 21.7. The fourth-order valence-corrected chi connectivity index (χ4v) is 11.1. The van der Waals surface area contributed by atoms with Crippen LogP contribution in [0, 0.1) is 6.92 Å². The number of thiophene rings is 1. The van der Waals surface area contributed by atoms with Crippen LogP contribution in [0.3, 0.4) is 0 Å². The number of unbranched alkanes of at least 4 members (excludes halogenated alkanes) is 2. The maximum atomic E-state index is 13.4. The normalized spacial score (nSPS) is 17.5. The third-order valence-electron chi connectivity index (χ3n) is 12.4. The van der Waals surface area contributed by atoms with Gasteiger partial charge in [-0.25, -0.2) is 4.98 Å². The standard InChI is InChI=1S/C48H59N5O10S3/c1-7-20-48(6)36-30-34(32-28-37(45(56)49-8-2)51-38(29-32)46(57)50-21-26-66(61,62)63)44-33(19-24-64-44)43(36)53(23-13-25-65(58,59)60)41(48)15-12-14-40-47(4,5)35-27-31(3)17-18-39(35)52(40)22-11-9-10-16-42(54)55/h12,14-15,17-19,24,27-30H,7-11,13,16,20-23,25-26H2,1-6H3,(H4-,49,50,54,55,56,57,58,59,60,61,62,63)/p+1/t48-/m0/s1. The highest BCUT2D eigenvalue weighted by molar-refractivity contribution is 7.86. The molecule has 4 aromatic rings. The van der Waals surface area contributed by atoms with Crippen molar-refractivity contribution in [2.75, 3.05) is 42.6 Å². The monoisotopic (exact) mass is 962 g/mol. The minimum atomic E-state index is -4.35. The van der Waals surface area contributed by atoms with Gasteiger partial charge in [0.05, 0.1) is 22.3 Å². The second-order valence-electron chi connectivity index (χ2n) is 17.7. The number of aliphatic carboxylic acids is 1. The number of anilines is 1. The van der Waals surface area contributed by atoms with Gasteiger partial charge < -0.3 is 20.6 Å². The number of allylic oxidation sites excluding steroid dienone is 4. The van der Waals surface area contributed by atoms with Gasteiger partial charge in [0.15, 0.2) is 5.71 Å². The van der Waals surface area contributed by atoms with Crippen molar-refractivity contribution in [3.05, 3.63) is 99.8 Å². The lowest BCUT2D eigenvalue weighted by Gasteiger charge is -2.27. The lowest BCUT2D eigenvalue weighted by Crippen LogP contribution is -2.31. The summed E-state index contributed by atoms with van der Waals surface area (Å²) in [4.78, 5) is 44.6. The van der Waals surface area contributed by atoms with Crippen molar-refractivity contribution in [3.63, 3.8) is 0 Å². The maximum Gasteiger partial charge on any atom is 0.303 e. The van der Waals surface area contributed by atoms with E-state index in [1.54, 1.807) is 19.1 Å². The fraction of sp³-hybridized carbons (Fsp3) is 0.438. The molecule has 0 bridgehead atoms. The van der Waals surface area contributed by atoms with E-state index in [1.807, 2.05) is 11.4 Å². The molecule has 0 radical (unpaired) electrons. The van der Waals surface area contributed by atoms with E-state index in [1.165, 1.54) is 16.9 Å². The molecule has 1 atom stereocenters. The zero-order valence-corrected chi connectivity index (χ0v) is 40.8. The molecule has 354 valence electrons. The molecule has 2 aromatic carbocycles. The summed E-state index contributed by atoms with van der Waals surface area (Å²) in [7, 11) is -8.62. The predicted octanol–water partition coefficient (Wildman–Crippen LogP) is 7.96. The van der Waals surface area contributed by atoms with E-state index in [0.717, 1.165) is 68.8 Å². The first-order chi connectivity index (χ1) is 31.1. The van der Waals surface area contributed by atoms with Crippen molar-refractivity contribution >= 4 is 76.5 Å². The summed E-state index contributed by atoms with van der Waals surface area (Å²) in [6.45, 7) is 13.4. The molecule has 4 heterocycles. The number of fused-ring (bicyclic) bond motifs is 4. The van der Waals surface area contributed by atoms with Crippen LogP contribution in [0.1, 0.15) is 117 Å². The first-order valence-corrected chi connectivity index (χ1v) is 26.4. The number of carbonyl (C=O) groups is 3. The molecule has 0 saturated heterocycles. The number of hydrogen-bond donors (Lipinski definition) is 5. The molecule has 6 rings (SSSR count). The Morgan fingerprint density at radius 2 is 1.58 bits per heavy atom. The van der Waals surface area contributed by atoms with Crippen LogP contribution in [-0.4, -0.2) is 102 Å². The number of benzene rings is 2. The molecule has 18 heteroatoms. The Balaban J connectivity index is 1.50. The van der Waals surface area contributed by atoms with Gasteiger partial charge in [0, 0.05) is 71.2 Å². The number of amides is 2. The van der Waals surface area contributed by atoms with Crippen molar-refractivity contribution in [2.45, 2.75) is 97.3 Å². The summed E-state index contributed by atoms with van der Waals surface area (Å²) in [5, 5.41) is 17.3. The summed E-state index contributed by atoms with van der Waals surface area (Å²) < 4.78 is 69.0. The highest BCUT2D eigenvalue weighted by Gasteiger charge is 2.49. The molecule has 2 amide bonds. The van der Waals surface area contributed by atoms with Gasteiger partial charge >= 0.3 is 5.97 Å². The van der Waals surface area contributed by atoms with Gasteiger partial charge in [-0.2, -0.15) is 21.4 Å². The third kappa shape index (κ3) is 11.1. The zero-order valence-electron chi connectivity index (χ0n) is 38.3. The molecule has 2 aliphatic rings. The number of hydrogen-bond acceptors (Lipinski definition) is 10. The van der Waals surface area contributed by atoms with Crippen LogP contribution in [0.4, 0.5) is 11.4 Å². The van der Waals surface area contributed by atoms with Crippen LogP contribution in [0.5, 0.6) is 0 Å². The van der Waals surface area contributed by atoms with Crippen molar-refractivity contribution in [1.29, 1.82) is 0 Å². The number of pyridine rings is 1. The number of nitrogens with one attached hydrogen (secondary N) is 2. The molecule has 5 N–H and O–H groups in total. The van der Waals surface area contributed by atoms with Crippen LogP contribution in [0.15, 0.2) is 71.8 Å². The number of aryl methyl sites for hydroxylation is 1. The van der Waals surface area contributed by atoms with Gasteiger partial charge in [-0.1, -0.05) is 57.4 Å². The number of carboxylic acid groups (broad SMARTS) is 1. The third-order valence-corrected chi connectivity index (χ3v) is 14.8. The van der Waals surface area contributed by atoms with Crippen LogP contribution in [0.25, 0.3) is 21.2 Å². The van der Waals surface area contributed by atoms with E-state index in [2.05, 4.69) is 102 Å². The fourth-order valence-electron chi connectivity index (χ4n) is 9.32. The lowest BCUT2D eigenvalue weighted by molar-refractivity contribution is -0.435. The maximum absolute atomic E-state index is 13.4. The summed E-state index contributed by atoms with van der Waals surface area (Å²) in [5.41, 5.74) is 7.43. The highest BCUT2D eigenvalue weighted by atomic mass is 32.2. The Morgan fingerprint density at radius 3 is 2.23 bits per heavy atom. The first kappa shape index (κ1) is 50.1. The van der Waals surface area contributed by atoms with E-state index in [-0.39, 0.29) is 42.7 Å². The minimum Gasteiger partial charge on any atom is -0.481 e. The summed E-state index contributed by atoms with van der Waals surface area (Å²) in [5.74, 6) is -3.18. The second kappa shape index (κ2) is 20.3. The van der Waals surface area contributed by atoms with Crippen molar-refractivity contribution in [2.24, 2.45) is 0 Å². The lowest BCUT2D eigenvalue weighted by atomic mass is 9.74. The largest absolute Gasteiger partial charge is 0.481 e. The van der Waals surface area contributed by atoms with E-state index in [9.17, 15) is 45.4 Å². The van der Waals surface area contributed by atoms with Gasteiger partial charge in [0.2, 0.25) is 5.69 Å². The van der Waals surface area contributed by atoms with Crippen LogP contribution in [0.2, 0.25) is 0 Å². The number of nitrogens with zero attached hydrogens (tertiary/aromatic N) is 3. The van der Waals surface area contributed by atoms with Crippen molar-refractivity contribution in [3.8, 4) is 11.1 Å². The van der Waals surface area contributed by atoms with E-state index in [0.29, 0.717) is 31.5 Å². The number of rotatable bonds is 21. The van der Waals surface area contributed by atoms with E-state index in [4.69, 9.17) is 0 Å². The smallest absolute Gasteiger partial charge is 0.303 e. The van der Waals surface area contributed by atoms with Crippen molar-refractivity contribution in [1.82, 2.24) is 15.6 Å². The summed E-state index contributed by atoms with van der Waals surface area (Å²) in [6, 6.07) is 13.7. The number of aromatic nitrogens is 1. The number of carbonyl (C=O) groups excluding carboxylic acids is 2. The summed E-state index contributed by atoms with van der Waals surface area (Å²) >= 11 is 1.47. The first-order valence-electron chi connectivity index (χ1n) is 22.3. The van der Waals surface area contributed by atoms with Crippen molar-refractivity contribution < 1.29 is 50.0 Å². The van der Waals surface area contributed by atoms with E-state index < -0.39 is 54.9 Å². The van der Waals surface area contributed by atoms with E-state index >= 15 is 0 Å². The Bertz CT molecular complexity index is 2870. The molecule has 2 aliphatic heterocycles. The Kier molecular flexibility index (Phi) is 15.4. The highest BCUT2D eigenvalue weighted by Crippen LogP contribution is 2.52. The zero-order chi connectivity index (χ0) is 48.2. The Hall–Kier alpha value is -5.27. The molecular weight excluding hydrogens is 903 g/mol. The summed E-state index contributed by atoms with van der Waals surface area (Å²) in [6.07, 6.45) is 10.2. The molecule has 0 saturated carbocycles. The average Bonchev–Trinajstić information content (AvgIpc) is 3.86. The predicted molar refractivity (Wildman–Crippen MR) is 260 cm³/mol. The average molecular weight is 963 g/mol. The van der Waals surface area contributed by atoms with Gasteiger partial charge in [0.25, 0.3) is 32.1 Å². The SMILES string of the molecule is CCC[C@]1(C)C(/C=C/C=C2/N(CCCCCC(=O)O)c3ccc(C)cc3C2(C)C)=[N+](CCCS(=O)(=O)O)c2c1cc(-c1cc(C(=O)NCC)nc(C(=O)NCCS(=O)(=O)O)c1)c1sccc21. The molecule has 0 fully saturated rings. The molecule has 66 heavy (non-hydrogen) atoms. The number of carboxylic acids is 1. The Labute approximate surface area is 391 Å². The van der Waals surface area contributed by atoms with Gasteiger partial charge in [0.1, 0.15) is 17.9 Å². The molecule has 0 aliphatic carbocycles. The topological polar surface area (TPSA) is 223 Å². The molecule has 0 unspecified atom stereocenters. The molecule has 15 nitrogen and oxygen atoms in total. The molecule has 2 aromatic heterocycles. The van der Waals surface area contributed by atoms with Gasteiger partial charge in [-0.05, 0) is 92.9 Å². The molecular formula is C48H60N5O10S3+. The van der Waals surface area contributed by atoms with Crippen LogP contribution >= 0.6 is 11.3 Å².